The molecule has 0 aliphatic rings. The van der Waals surface area contributed by atoms with E-state index in [0.29, 0.717) is 13.2 Å². The van der Waals surface area contributed by atoms with Crippen molar-refractivity contribution in [1.82, 2.24) is 4.90 Å². The maximum absolute atomic E-state index is 12.9. The van der Waals surface area contributed by atoms with Crippen LogP contribution in [-0.4, -0.2) is 31.1 Å². The highest BCUT2D eigenvalue weighted by Crippen LogP contribution is 2.35. The Morgan fingerprint density at radius 2 is 1.69 bits per heavy atom. The summed E-state index contributed by atoms with van der Waals surface area (Å²) in [6.45, 7) is 2.29. The fraction of sp³-hybridized carbons (Fsp3) is 0.316. The Labute approximate surface area is 150 Å². The Balaban J connectivity index is 1.93. The summed E-state index contributed by atoms with van der Waals surface area (Å²) in [7, 11) is 1.57. The smallest absolute Gasteiger partial charge is 0.419 e. The van der Waals surface area contributed by atoms with Crippen LogP contribution in [0.3, 0.4) is 0 Å². The molecule has 0 saturated heterocycles. The summed E-state index contributed by atoms with van der Waals surface area (Å²) in [5.41, 5.74) is -0.0260. The number of rotatable bonds is 7. The third kappa shape index (κ3) is 5.40. The van der Waals surface area contributed by atoms with Crippen LogP contribution in [0.25, 0.3) is 0 Å². The van der Waals surface area contributed by atoms with Crippen LogP contribution in [0.2, 0.25) is 0 Å². The molecule has 0 radical (unpaired) electrons. The van der Waals surface area contributed by atoms with Gasteiger partial charge in [0.15, 0.2) is 6.61 Å². The molecule has 2 aromatic rings. The molecule has 140 valence electrons. The van der Waals surface area contributed by atoms with Crippen molar-refractivity contribution in [2.45, 2.75) is 19.6 Å². The van der Waals surface area contributed by atoms with E-state index in [1.165, 1.54) is 23.1 Å². The van der Waals surface area contributed by atoms with E-state index < -0.39 is 24.3 Å². The standard InChI is InChI=1S/C19H20F3NO3/c1-3-25-15-10-8-14(9-11-15)12-23(2)18(24)13-26-17-7-5-4-6-16(17)19(20,21)22/h4-11H,3,12-13H2,1-2H3. The first-order valence-corrected chi connectivity index (χ1v) is 8.06. The van der Waals surface area contributed by atoms with Gasteiger partial charge in [0.25, 0.3) is 5.91 Å². The highest BCUT2D eigenvalue weighted by atomic mass is 19.4. The van der Waals surface area contributed by atoms with Crippen LogP contribution in [0.5, 0.6) is 11.5 Å². The molecular weight excluding hydrogens is 347 g/mol. The van der Waals surface area contributed by atoms with Crippen LogP contribution in [0.4, 0.5) is 13.2 Å². The van der Waals surface area contributed by atoms with Crippen molar-refractivity contribution < 1.29 is 27.4 Å². The van der Waals surface area contributed by atoms with Gasteiger partial charge in [-0.15, -0.1) is 0 Å². The van der Waals surface area contributed by atoms with Gasteiger partial charge in [0.1, 0.15) is 11.5 Å². The normalized spacial score (nSPS) is 11.1. The minimum absolute atomic E-state index is 0.315. The van der Waals surface area contributed by atoms with Gasteiger partial charge in [-0.05, 0) is 36.8 Å². The second kappa shape index (κ2) is 8.60. The molecule has 7 heteroatoms. The lowest BCUT2D eigenvalue weighted by atomic mass is 10.2. The number of para-hydroxylation sites is 1. The van der Waals surface area contributed by atoms with Crippen LogP contribution in [-0.2, 0) is 17.5 Å². The van der Waals surface area contributed by atoms with Crippen molar-refractivity contribution in [2.24, 2.45) is 0 Å². The lowest BCUT2D eigenvalue weighted by Gasteiger charge is -2.19. The third-order valence-electron chi connectivity index (χ3n) is 3.62. The van der Waals surface area contributed by atoms with Crippen molar-refractivity contribution >= 4 is 5.91 Å². The summed E-state index contributed by atoms with van der Waals surface area (Å²) in [4.78, 5) is 13.5. The van der Waals surface area contributed by atoms with Gasteiger partial charge in [-0.3, -0.25) is 4.79 Å². The molecule has 0 saturated carbocycles. The van der Waals surface area contributed by atoms with Crippen molar-refractivity contribution in [2.75, 3.05) is 20.3 Å². The number of likely N-dealkylation sites (N-methyl/N-ethyl adjacent to an activating group) is 1. The quantitative estimate of drug-likeness (QED) is 0.738. The molecule has 0 aliphatic carbocycles. The number of amides is 1. The van der Waals surface area contributed by atoms with Crippen LogP contribution in [0.1, 0.15) is 18.1 Å². The van der Waals surface area contributed by atoms with E-state index in [4.69, 9.17) is 9.47 Å². The monoisotopic (exact) mass is 367 g/mol. The van der Waals surface area contributed by atoms with Gasteiger partial charge in [0.05, 0.1) is 12.2 Å². The molecule has 0 fully saturated rings. The summed E-state index contributed by atoms with van der Waals surface area (Å²) in [5.74, 6) is -0.0454. The Bertz CT molecular complexity index is 730. The number of ether oxygens (including phenoxy) is 2. The van der Waals surface area contributed by atoms with E-state index in [-0.39, 0.29) is 5.75 Å². The molecule has 0 spiro atoms. The van der Waals surface area contributed by atoms with E-state index in [9.17, 15) is 18.0 Å². The first-order valence-electron chi connectivity index (χ1n) is 8.06. The van der Waals surface area contributed by atoms with Crippen molar-refractivity contribution in [3.8, 4) is 11.5 Å². The van der Waals surface area contributed by atoms with E-state index in [0.717, 1.165) is 17.4 Å². The third-order valence-corrected chi connectivity index (χ3v) is 3.62. The Morgan fingerprint density at radius 3 is 2.31 bits per heavy atom. The number of nitrogens with zero attached hydrogens (tertiary/aromatic N) is 1. The highest BCUT2D eigenvalue weighted by Gasteiger charge is 2.34. The molecule has 2 aromatic carbocycles. The maximum atomic E-state index is 12.9. The zero-order chi connectivity index (χ0) is 19.2. The van der Waals surface area contributed by atoms with Crippen LogP contribution in [0, 0.1) is 0 Å². The predicted octanol–water partition coefficient (Wildman–Crippen LogP) is 4.14. The largest absolute Gasteiger partial charge is 0.494 e. The van der Waals surface area contributed by atoms with Crippen LogP contribution >= 0.6 is 0 Å². The molecule has 1 amide bonds. The Kier molecular flexibility index (Phi) is 6.49. The molecular formula is C19H20F3NO3. The number of alkyl halides is 3. The molecule has 26 heavy (non-hydrogen) atoms. The van der Waals surface area contributed by atoms with Crippen molar-refractivity contribution in [3.05, 3.63) is 59.7 Å². The lowest BCUT2D eigenvalue weighted by molar-refractivity contribution is -0.140. The summed E-state index contributed by atoms with van der Waals surface area (Å²) >= 11 is 0. The summed E-state index contributed by atoms with van der Waals surface area (Å²) in [5, 5.41) is 0. The number of halogens is 3. The fourth-order valence-corrected chi connectivity index (χ4v) is 2.30. The molecule has 0 N–H and O–H groups in total. The zero-order valence-electron chi connectivity index (χ0n) is 14.5. The van der Waals surface area contributed by atoms with Crippen molar-refractivity contribution in [3.63, 3.8) is 0 Å². The number of carbonyl (C=O) groups excluding carboxylic acids is 1. The maximum Gasteiger partial charge on any atom is 0.419 e. The minimum atomic E-state index is -4.53. The summed E-state index contributed by atoms with van der Waals surface area (Å²) < 4.78 is 49.2. The molecule has 0 unspecified atom stereocenters. The first kappa shape index (κ1) is 19.6. The molecule has 0 heterocycles. The number of hydrogen-bond donors (Lipinski definition) is 0. The number of carbonyl (C=O) groups is 1. The van der Waals surface area contributed by atoms with Gasteiger partial charge in [-0.1, -0.05) is 24.3 Å². The van der Waals surface area contributed by atoms with Crippen LogP contribution < -0.4 is 9.47 Å². The van der Waals surface area contributed by atoms with Gasteiger partial charge in [-0.2, -0.15) is 13.2 Å². The second-order valence-corrected chi connectivity index (χ2v) is 5.61. The predicted molar refractivity (Wildman–Crippen MR) is 91.0 cm³/mol. The van der Waals surface area contributed by atoms with E-state index in [1.54, 1.807) is 19.2 Å². The zero-order valence-corrected chi connectivity index (χ0v) is 14.5. The SMILES string of the molecule is CCOc1ccc(CN(C)C(=O)COc2ccccc2C(F)(F)F)cc1. The molecule has 0 bridgehead atoms. The lowest BCUT2D eigenvalue weighted by Crippen LogP contribution is -2.31. The molecule has 0 aliphatic heterocycles. The molecule has 0 aromatic heterocycles. The van der Waals surface area contributed by atoms with Gasteiger partial charge in [0.2, 0.25) is 0 Å². The topological polar surface area (TPSA) is 38.8 Å². The Morgan fingerprint density at radius 1 is 1.04 bits per heavy atom. The molecule has 0 atom stereocenters. The highest BCUT2D eigenvalue weighted by molar-refractivity contribution is 5.77. The average Bonchev–Trinajstić information content (AvgIpc) is 2.61. The van der Waals surface area contributed by atoms with Gasteiger partial charge in [0, 0.05) is 13.6 Å². The number of hydrogen-bond acceptors (Lipinski definition) is 3. The van der Waals surface area contributed by atoms with Crippen molar-refractivity contribution in [1.29, 1.82) is 0 Å². The first-order chi connectivity index (χ1) is 12.3. The summed E-state index contributed by atoms with van der Waals surface area (Å²) in [6, 6.07) is 12.1. The minimum Gasteiger partial charge on any atom is -0.494 e. The van der Waals surface area contributed by atoms with Gasteiger partial charge >= 0.3 is 6.18 Å². The van der Waals surface area contributed by atoms with Gasteiger partial charge < -0.3 is 14.4 Å². The van der Waals surface area contributed by atoms with E-state index in [2.05, 4.69) is 0 Å². The Hall–Kier alpha value is -2.70. The molecule has 4 nitrogen and oxygen atoms in total. The van der Waals surface area contributed by atoms with Gasteiger partial charge in [-0.25, -0.2) is 0 Å². The van der Waals surface area contributed by atoms with E-state index >= 15 is 0 Å². The van der Waals surface area contributed by atoms with E-state index in [1.807, 2.05) is 19.1 Å². The number of benzene rings is 2. The average molecular weight is 367 g/mol. The fourth-order valence-electron chi connectivity index (χ4n) is 2.30. The molecule has 2 rings (SSSR count). The summed E-state index contributed by atoms with van der Waals surface area (Å²) in [6.07, 6.45) is -4.53. The van der Waals surface area contributed by atoms with Crippen LogP contribution in [0.15, 0.2) is 48.5 Å². The second-order valence-electron chi connectivity index (χ2n) is 5.61.